The summed E-state index contributed by atoms with van der Waals surface area (Å²) in [6, 6.07) is 2.15. The van der Waals surface area contributed by atoms with Gasteiger partial charge in [-0.2, -0.15) is 0 Å². The summed E-state index contributed by atoms with van der Waals surface area (Å²) in [5.74, 6) is 2.54. The van der Waals surface area contributed by atoms with Gasteiger partial charge in [-0.1, -0.05) is 18.0 Å². The smallest absolute Gasteiger partial charge is 0.0561 e. The molecule has 2 bridgehead atoms. The van der Waals surface area contributed by atoms with Crippen molar-refractivity contribution < 1.29 is 0 Å². The van der Waals surface area contributed by atoms with E-state index in [1.807, 2.05) is 11.4 Å². The first-order chi connectivity index (χ1) is 7.25. The number of hydrogen-bond acceptors (Lipinski definition) is 2. The largest absolute Gasteiger partial charge is 0.323 e. The van der Waals surface area contributed by atoms with Crippen LogP contribution in [0.15, 0.2) is 11.4 Å². The molecule has 1 aromatic rings. The molecule has 0 spiro atoms. The molecule has 1 nitrogen and oxygen atoms in total. The van der Waals surface area contributed by atoms with Crippen LogP contribution in [0, 0.1) is 17.8 Å². The van der Waals surface area contributed by atoms with Crippen molar-refractivity contribution >= 4 is 22.9 Å². The van der Waals surface area contributed by atoms with Gasteiger partial charge in [0, 0.05) is 10.9 Å². The molecule has 0 radical (unpaired) electrons. The van der Waals surface area contributed by atoms with Gasteiger partial charge in [0.25, 0.3) is 0 Å². The molecule has 82 valence electrons. The Morgan fingerprint density at radius 2 is 2.27 bits per heavy atom. The molecule has 0 amide bonds. The lowest BCUT2D eigenvalue weighted by atomic mass is 9.83. The van der Waals surface area contributed by atoms with Crippen molar-refractivity contribution in [2.75, 3.05) is 0 Å². The Bertz CT molecular complexity index is 362. The van der Waals surface area contributed by atoms with Crippen molar-refractivity contribution in [3.8, 4) is 0 Å². The van der Waals surface area contributed by atoms with Gasteiger partial charge >= 0.3 is 0 Å². The molecule has 3 heteroatoms. The van der Waals surface area contributed by atoms with Gasteiger partial charge in [0.05, 0.1) is 5.02 Å². The summed E-state index contributed by atoms with van der Waals surface area (Å²) in [5, 5.41) is 2.92. The summed E-state index contributed by atoms with van der Waals surface area (Å²) in [5.41, 5.74) is 6.36. The number of fused-ring (bicyclic) bond motifs is 2. The Balaban J connectivity index is 1.81. The van der Waals surface area contributed by atoms with Crippen molar-refractivity contribution in [1.82, 2.24) is 0 Å². The van der Waals surface area contributed by atoms with Crippen molar-refractivity contribution in [2.45, 2.75) is 31.7 Å². The van der Waals surface area contributed by atoms with Crippen LogP contribution in [0.25, 0.3) is 0 Å². The highest BCUT2D eigenvalue weighted by molar-refractivity contribution is 7.10. The Labute approximate surface area is 99.6 Å². The molecule has 0 aliphatic heterocycles. The summed E-state index contributed by atoms with van der Waals surface area (Å²) in [4.78, 5) is 1.20. The van der Waals surface area contributed by atoms with Gasteiger partial charge in [0.1, 0.15) is 0 Å². The third kappa shape index (κ3) is 1.63. The fraction of sp³-hybridized carbons (Fsp3) is 0.667. The second kappa shape index (κ2) is 3.76. The molecule has 2 aliphatic carbocycles. The molecule has 4 unspecified atom stereocenters. The van der Waals surface area contributed by atoms with E-state index in [0.29, 0.717) is 5.92 Å². The molecule has 1 heterocycles. The number of nitrogens with two attached hydrogens (primary N) is 1. The zero-order chi connectivity index (χ0) is 10.4. The second-order valence-electron chi connectivity index (χ2n) is 5.00. The van der Waals surface area contributed by atoms with Gasteiger partial charge < -0.3 is 5.73 Å². The van der Waals surface area contributed by atoms with Crippen molar-refractivity contribution in [2.24, 2.45) is 23.5 Å². The molecule has 4 atom stereocenters. The molecule has 15 heavy (non-hydrogen) atoms. The molecule has 2 fully saturated rings. The Morgan fingerprint density at radius 1 is 1.40 bits per heavy atom. The van der Waals surface area contributed by atoms with Crippen LogP contribution in [0.1, 0.15) is 36.6 Å². The number of thiophene rings is 1. The van der Waals surface area contributed by atoms with Gasteiger partial charge in [-0.25, -0.2) is 0 Å². The molecule has 0 aromatic carbocycles. The van der Waals surface area contributed by atoms with Gasteiger partial charge in [-0.15, -0.1) is 11.3 Å². The summed E-state index contributed by atoms with van der Waals surface area (Å²) >= 11 is 7.86. The maximum Gasteiger partial charge on any atom is 0.0561 e. The van der Waals surface area contributed by atoms with E-state index in [-0.39, 0.29) is 6.04 Å². The highest BCUT2D eigenvalue weighted by Crippen LogP contribution is 2.52. The average Bonchev–Trinajstić information content (AvgIpc) is 2.91. The van der Waals surface area contributed by atoms with Crippen molar-refractivity contribution in [3.05, 3.63) is 21.3 Å². The van der Waals surface area contributed by atoms with E-state index in [1.54, 1.807) is 11.3 Å². The van der Waals surface area contributed by atoms with E-state index >= 15 is 0 Å². The van der Waals surface area contributed by atoms with E-state index in [4.69, 9.17) is 17.3 Å². The van der Waals surface area contributed by atoms with Crippen LogP contribution in [0.2, 0.25) is 5.02 Å². The van der Waals surface area contributed by atoms with Crippen LogP contribution in [0.4, 0.5) is 0 Å². The van der Waals surface area contributed by atoms with E-state index in [1.165, 1.54) is 30.6 Å². The summed E-state index contributed by atoms with van der Waals surface area (Å²) in [7, 11) is 0. The predicted molar refractivity (Wildman–Crippen MR) is 65.2 cm³/mol. The number of halogens is 1. The molecule has 2 aliphatic rings. The third-order valence-electron chi connectivity index (χ3n) is 4.20. The Morgan fingerprint density at radius 3 is 2.80 bits per heavy atom. The number of hydrogen-bond donors (Lipinski definition) is 1. The van der Waals surface area contributed by atoms with Crippen molar-refractivity contribution in [3.63, 3.8) is 0 Å². The fourth-order valence-electron chi connectivity index (χ4n) is 3.47. The minimum Gasteiger partial charge on any atom is -0.323 e. The molecule has 1 aromatic heterocycles. The second-order valence-corrected chi connectivity index (χ2v) is 6.35. The molecule has 2 N–H and O–H groups in total. The van der Waals surface area contributed by atoms with Gasteiger partial charge in [-0.3, -0.25) is 0 Å². The molecule has 0 saturated heterocycles. The van der Waals surface area contributed by atoms with E-state index in [0.717, 1.165) is 16.9 Å². The highest BCUT2D eigenvalue weighted by Gasteiger charge is 2.42. The topological polar surface area (TPSA) is 26.0 Å². The third-order valence-corrected chi connectivity index (χ3v) is 5.66. The minimum atomic E-state index is 0.188. The highest BCUT2D eigenvalue weighted by atomic mass is 35.5. The first-order valence-electron chi connectivity index (χ1n) is 5.74. The van der Waals surface area contributed by atoms with Gasteiger partial charge in [0.2, 0.25) is 0 Å². The zero-order valence-electron chi connectivity index (χ0n) is 8.66. The summed E-state index contributed by atoms with van der Waals surface area (Å²) in [6.07, 6.45) is 5.58. The predicted octanol–water partition coefficient (Wildman–Crippen LogP) is 3.84. The maximum atomic E-state index is 6.36. The Kier molecular flexibility index (Phi) is 2.54. The lowest BCUT2D eigenvalue weighted by Crippen LogP contribution is -2.25. The van der Waals surface area contributed by atoms with Crippen LogP contribution in [-0.2, 0) is 0 Å². The maximum absolute atomic E-state index is 6.36. The van der Waals surface area contributed by atoms with Crippen molar-refractivity contribution in [1.29, 1.82) is 0 Å². The summed E-state index contributed by atoms with van der Waals surface area (Å²) in [6.45, 7) is 0. The monoisotopic (exact) mass is 241 g/mol. The van der Waals surface area contributed by atoms with E-state index in [9.17, 15) is 0 Å². The van der Waals surface area contributed by atoms with Crippen LogP contribution < -0.4 is 5.73 Å². The lowest BCUT2D eigenvalue weighted by molar-refractivity contribution is 0.287. The number of rotatable bonds is 2. The van der Waals surface area contributed by atoms with Gasteiger partial charge in [0.15, 0.2) is 0 Å². The molecule has 2 saturated carbocycles. The van der Waals surface area contributed by atoms with Crippen LogP contribution in [-0.4, -0.2) is 0 Å². The molecular weight excluding hydrogens is 226 g/mol. The summed E-state index contributed by atoms with van der Waals surface area (Å²) < 4.78 is 0. The average molecular weight is 242 g/mol. The normalized spacial score (nSPS) is 36.0. The van der Waals surface area contributed by atoms with Gasteiger partial charge in [-0.05, 0) is 48.5 Å². The Hall–Kier alpha value is -0.0500. The standard InChI is InChI=1S/C12H16ClNS/c13-10-3-4-15-12(10)11(14)9-6-7-1-2-8(9)5-7/h3-4,7-9,11H,1-2,5-6,14H2. The molecular formula is C12H16ClNS. The van der Waals surface area contributed by atoms with Crippen LogP contribution >= 0.6 is 22.9 Å². The molecule has 3 rings (SSSR count). The lowest BCUT2D eigenvalue weighted by Gasteiger charge is -2.27. The van der Waals surface area contributed by atoms with Crippen LogP contribution in [0.5, 0.6) is 0 Å². The quantitative estimate of drug-likeness (QED) is 0.837. The minimum absolute atomic E-state index is 0.188. The SMILES string of the molecule is NC(c1sccc1Cl)C1CC2CCC1C2. The zero-order valence-corrected chi connectivity index (χ0v) is 10.2. The van der Waals surface area contributed by atoms with E-state index in [2.05, 4.69) is 0 Å². The first-order valence-corrected chi connectivity index (χ1v) is 7.00. The first kappa shape index (κ1) is 10.1. The fourth-order valence-corrected chi connectivity index (χ4v) is 4.73. The van der Waals surface area contributed by atoms with Crippen LogP contribution in [0.3, 0.4) is 0 Å². The van der Waals surface area contributed by atoms with E-state index < -0.39 is 0 Å².